The van der Waals surface area contributed by atoms with Gasteiger partial charge in [-0.3, -0.25) is 4.79 Å². The van der Waals surface area contributed by atoms with Crippen LogP contribution in [0, 0.1) is 6.92 Å². The van der Waals surface area contributed by atoms with Crippen molar-refractivity contribution < 1.29 is 9.90 Å². The summed E-state index contributed by atoms with van der Waals surface area (Å²) in [6.45, 7) is 2.51. The number of amides is 1. The van der Waals surface area contributed by atoms with E-state index in [0.29, 0.717) is 12.1 Å². The third-order valence-corrected chi connectivity index (χ3v) is 3.08. The van der Waals surface area contributed by atoms with Crippen LogP contribution in [0.1, 0.15) is 21.6 Å². The van der Waals surface area contributed by atoms with Gasteiger partial charge in [-0.15, -0.1) is 0 Å². The molecule has 2 aromatic rings. The number of rotatable bonds is 0. The summed E-state index contributed by atoms with van der Waals surface area (Å²) in [5, 5.41) is 13.3. The quantitative estimate of drug-likeness (QED) is 0.624. The third kappa shape index (κ3) is 1.13. The standard InChI is InChI=1S/C12H12N2O2/c1-6-4-9-7(5-10(6)15)11-8(14-9)2-3-13-12(11)16/h4-5,14-15H,2-3H2,1H3,(H,13,16). The number of aryl methyl sites for hydroxylation is 1. The number of nitrogens with one attached hydrogen (secondary N) is 2. The molecule has 2 heterocycles. The summed E-state index contributed by atoms with van der Waals surface area (Å²) in [5.41, 5.74) is 3.36. The molecule has 0 spiro atoms. The van der Waals surface area contributed by atoms with E-state index in [4.69, 9.17) is 0 Å². The van der Waals surface area contributed by atoms with Gasteiger partial charge >= 0.3 is 0 Å². The van der Waals surface area contributed by atoms with E-state index in [0.717, 1.165) is 28.6 Å². The Morgan fingerprint density at radius 1 is 1.38 bits per heavy atom. The fourth-order valence-electron chi connectivity index (χ4n) is 2.23. The highest BCUT2D eigenvalue weighted by Crippen LogP contribution is 2.30. The molecule has 1 aliphatic heterocycles. The Balaban J connectivity index is 2.38. The van der Waals surface area contributed by atoms with Crippen LogP contribution in [0.4, 0.5) is 0 Å². The maximum absolute atomic E-state index is 11.7. The van der Waals surface area contributed by atoms with E-state index in [9.17, 15) is 9.90 Å². The maximum Gasteiger partial charge on any atom is 0.253 e. The predicted molar refractivity (Wildman–Crippen MR) is 60.7 cm³/mol. The SMILES string of the molecule is Cc1cc2[nH]c3c(c2cc1O)C(=O)NCC3. The van der Waals surface area contributed by atoms with Crippen molar-refractivity contribution in [2.75, 3.05) is 6.54 Å². The summed E-state index contributed by atoms with van der Waals surface area (Å²) in [5.74, 6) is 0.170. The van der Waals surface area contributed by atoms with Gasteiger partial charge in [0, 0.05) is 29.6 Å². The van der Waals surface area contributed by atoms with Crippen LogP contribution < -0.4 is 5.32 Å². The molecule has 3 rings (SSSR count). The molecule has 82 valence electrons. The van der Waals surface area contributed by atoms with Gasteiger partial charge in [0.15, 0.2) is 0 Å². The zero-order chi connectivity index (χ0) is 11.3. The number of fused-ring (bicyclic) bond motifs is 3. The molecule has 1 amide bonds. The van der Waals surface area contributed by atoms with Crippen molar-refractivity contribution >= 4 is 16.8 Å². The van der Waals surface area contributed by atoms with Crippen LogP contribution in [-0.2, 0) is 6.42 Å². The molecule has 1 aliphatic rings. The van der Waals surface area contributed by atoms with E-state index in [1.807, 2.05) is 13.0 Å². The number of H-pyrrole nitrogens is 1. The van der Waals surface area contributed by atoms with Gasteiger partial charge in [-0.2, -0.15) is 0 Å². The summed E-state index contributed by atoms with van der Waals surface area (Å²) in [6, 6.07) is 3.53. The van der Waals surface area contributed by atoms with Crippen LogP contribution in [-0.4, -0.2) is 22.5 Å². The molecule has 3 N–H and O–H groups in total. The molecule has 4 nitrogen and oxygen atoms in total. The molecule has 0 aliphatic carbocycles. The van der Waals surface area contributed by atoms with Gasteiger partial charge in [-0.1, -0.05) is 0 Å². The third-order valence-electron chi connectivity index (χ3n) is 3.08. The molecule has 0 bridgehead atoms. The first-order valence-electron chi connectivity index (χ1n) is 5.29. The number of carbonyl (C=O) groups excluding carboxylic acids is 1. The van der Waals surface area contributed by atoms with Gasteiger partial charge < -0.3 is 15.4 Å². The summed E-state index contributed by atoms with van der Waals surface area (Å²) in [7, 11) is 0. The van der Waals surface area contributed by atoms with E-state index in [-0.39, 0.29) is 11.7 Å². The molecule has 0 unspecified atom stereocenters. The number of aromatic amines is 1. The van der Waals surface area contributed by atoms with Crippen molar-refractivity contribution in [2.24, 2.45) is 0 Å². The number of hydrogen-bond acceptors (Lipinski definition) is 2. The first-order chi connectivity index (χ1) is 7.66. The van der Waals surface area contributed by atoms with Crippen molar-refractivity contribution in [1.82, 2.24) is 10.3 Å². The molecule has 1 aromatic heterocycles. The summed E-state index contributed by atoms with van der Waals surface area (Å²) in [6.07, 6.45) is 0.815. The summed E-state index contributed by atoms with van der Waals surface area (Å²) in [4.78, 5) is 15.0. The minimum absolute atomic E-state index is 0.0595. The lowest BCUT2D eigenvalue weighted by Crippen LogP contribution is -2.31. The molecule has 0 saturated carbocycles. The fraction of sp³-hybridized carbons (Fsp3) is 0.250. The second kappa shape index (κ2) is 3.01. The minimum Gasteiger partial charge on any atom is -0.508 e. The maximum atomic E-state index is 11.7. The average molecular weight is 216 g/mol. The van der Waals surface area contributed by atoms with Crippen LogP contribution in [0.15, 0.2) is 12.1 Å². The van der Waals surface area contributed by atoms with Crippen molar-refractivity contribution in [3.05, 3.63) is 29.0 Å². The lowest BCUT2D eigenvalue weighted by Gasteiger charge is -2.12. The lowest BCUT2D eigenvalue weighted by atomic mass is 10.0. The van der Waals surface area contributed by atoms with Crippen LogP contribution in [0.3, 0.4) is 0 Å². The number of aromatic hydroxyl groups is 1. The number of benzene rings is 1. The predicted octanol–water partition coefficient (Wildman–Crippen LogP) is 1.47. The Morgan fingerprint density at radius 2 is 2.19 bits per heavy atom. The van der Waals surface area contributed by atoms with Gasteiger partial charge in [-0.25, -0.2) is 0 Å². The van der Waals surface area contributed by atoms with Gasteiger partial charge in [0.05, 0.1) is 5.56 Å². The van der Waals surface area contributed by atoms with Crippen molar-refractivity contribution in [1.29, 1.82) is 0 Å². The van der Waals surface area contributed by atoms with Crippen LogP contribution in [0.25, 0.3) is 10.9 Å². The average Bonchev–Trinajstić information content (AvgIpc) is 2.58. The van der Waals surface area contributed by atoms with E-state index >= 15 is 0 Å². The Bertz CT molecular complexity index is 599. The van der Waals surface area contributed by atoms with E-state index in [2.05, 4.69) is 10.3 Å². The van der Waals surface area contributed by atoms with Crippen LogP contribution in [0.2, 0.25) is 0 Å². The van der Waals surface area contributed by atoms with E-state index in [1.54, 1.807) is 6.07 Å². The number of carbonyl (C=O) groups is 1. The lowest BCUT2D eigenvalue weighted by molar-refractivity contribution is 0.0947. The van der Waals surface area contributed by atoms with E-state index < -0.39 is 0 Å². The normalized spacial score (nSPS) is 14.9. The first-order valence-corrected chi connectivity index (χ1v) is 5.29. The van der Waals surface area contributed by atoms with Crippen LogP contribution in [0.5, 0.6) is 5.75 Å². The summed E-state index contributed by atoms with van der Waals surface area (Å²) >= 11 is 0. The Morgan fingerprint density at radius 3 is 3.00 bits per heavy atom. The molecular weight excluding hydrogens is 204 g/mol. The van der Waals surface area contributed by atoms with E-state index in [1.165, 1.54) is 0 Å². The van der Waals surface area contributed by atoms with Crippen LogP contribution >= 0.6 is 0 Å². The monoisotopic (exact) mass is 216 g/mol. The highest BCUT2D eigenvalue weighted by molar-refractivity contribution is 6.09. The number of phenolic OH excluding ortho intramolecular Hbond substituents is 1. The minimum atomic E-state index is -0.0595. The molecule has 0 atom stereocenters. The highest BCUT2D eigenvalue weighted by atomic mass is 16.3. The van der Waals surface area contributed by atoms with Gasteiger partial charge in [0.1, 0.15) is 5.75 Å². The molecule has 0 fully saturated rings. The van der Waals surface area contributed by atoms with Gasteiger partial charge in [0.25, 0.3) is 5.91 Å². The van der Waals surface area contributed by atoms with Gasteiger partial charge in [-0.05, 0) is 24.6 Å². The van der Waals surface area contributed by atoms with Crippen molar-refractivity contribution in [2.45, 2.75) is 13.3 Å². The second-order valence-electron chi connectivity index (χ2n) is 4.17. The van der Waals surface area contributed by atoms with Gasteiger partial charge in [0.2, 0.25) is 0 Å². The zero-order valence-corrected chi connectivity index (χ0v) is 8.92. The Labute approximate surface area is 92.3 Å². The second-order valence-corrected chi connectivity index (χ2v) is 4.17. The number of phenols is 1. The number of aromatic nitrogens is 1. The fourth-order valence-corrected chi connectivity index (χ4v) is 2.23. The smallest absolute Gasteiger partial charge is 0.253 e. The van der Waals surface area contributed by atoms with Crippen molar-refractivity contribution in [3.63, 3.8) is 0 Å². The summed E-state index contributed by atoms with van der Waals surface area (Å²) < 4.78 is 0. The van der Waals surface area contributed by atoms with Crippen molar-refractivity contribution in [3.8, 4) is 5.75 Å². The molecular formula is C12H12N2O2. The first kappa shape index (κ1) is 9.27. The Kier molecular flexibility index (Phi) is 1.74. The number of hydrogen-bond donors (Lipinski definition) is 3. The largest absolute Gasteiger partial charge is 0.508 e. The topological polar surface area (TPSA) is 65.1 Å². The molecule has 1 aromatic carbocycles. The Hall–Kier alpha value is -1.97. The zero-order valence-electron chi connectivity index (χ0n) is 8.92. The molecule has 4 heteroatoms. The molecule has 0 radical (unpaired) electrons. The molecule has 0 saturated heterocycles. The molecule has 16 heavy (non-hydrogen) atoms. The highest BCUT2D eigenvalue weighted by Gasteiger charge is 2.22.